The molecule has 0 atom stereocenters. The summed E-state index contributed by atoms with van der Waals surface area (Å²) in [6.45, 7) is 0. The number of thiazole rings is 1. The van der Waals surface area contributed by atoms with Crippen LogP contribution in [0.15, 0.2) is 48.0 Å². The van der Waals surface area contributed by atoms with Gasteiger partial charge in [-0.2, -0.15) is 0 Å². The smallest absolute Gasteiger partial charge is 0.255 e. The number of benzene rings is 2. The van der Waals surface area contributed by atoms with E-state index in [4.69, 9.17) is 0 Å². The van der Waals surface area contributed by atoms with Crippen LogP contribution in [0, 0.1) is 0 Å². The molecular weight excluding hydrogens is 334 g/mol. The first-order valence-corrected chi connectivity index (χ1v) is 9.41. The maximum atomic E-state index is 12.4. The zero-order chi connectivity index (χ0) is 16.4. The van der Waals surface area contributed by atoms with Crippen LogP contribution < -0.4 is 10.0 Å². The minimum absolute atomic E-state index is 0.317. The van der Waals surface area contributed by atoms with E-state index >= 15 is 0 Å². The first-order valence-electron chi connectivity index (χ1n) is 6.64. The van der Waals surface area contributed by atoms with Gasteiger partial charge in [-0.1, -0.05) is 12.1 Å². The van der Waals surface area contributed by atoms with Crippen LogP contribution in [0.3, 0.4) is 0 Å². The summed E-state index contributed by atoms with van der Waals surface area (Å²) in [6, 6.07) is 11.8. The fourth-order valence-electron chi connectivity index (χ4n) is 2.07. The third-order valence-corrected chi connectivity index (χ3v) is 4.45. The van der Waals surface area contributed by atoms with Crippen molar-refractivity contribution in [3.63, 3.8) is 0 Å². The molecule has 0 unspecified atom stereocenters. The minimum Gasteiger partial charge on any atom is -0.320 e. The highest BCUT2D eigenvalue weighted by Crippen LogP contribution is 2.24. The van der Waals surface area contributed by atoms with Crippen molar-refractivity contribution in [3.8, 4) is 0 Å². The van der Waals surface area contributed by atoms with Crippen LogP contribution in [-0.2, 0) is 10.0 Å². The first kappa shape index (κ1) is 15.4. The number of amides is 1. The summed E-state index contributed by atoms with van der Waals surface area (Å²) < 4.78 is 26.1. The first-order chi connectivity index (χ1) is 10.9. The number of carbonyl (C=O) groups is 1. The molecule has 1 heterocycles. The van der Waals surface area contributed by atoms with Crippen LogP contribution >= 0.6 is 11.3 Å². The van der Waals surface area contributed by atoms with E-state index in [9.17, 15) is 13.2 Å². The highest BCUT2D eigenvalue weighted by atomic mass is 32.2. The monoisotopic (exact) mass is 347 g/mol. The van der Waals surface area contributed by atoms with E-state index in [1.807, 2.05) is 0 Å². The van der Waals surface area contributed by atoms with Gasteiger partial charge in [-0.3, -0.25) is 9.52 Å². The molecule has 2 aromatic carbocycles. The van der Waals surface area contributed by atoms with Gasteiger partial charge >= 0.3 is 0 Å². The molecule has 0 saturated heterocycles. The molecule has 0 radical (unpaired) electrons. The molecule has 0 spiro atoms. The van der Waals surface area contributed by atoms with Crippen molar-refractivity contribution in [1.82, 2.24) is 4.98 Å². The Kier molecular flexibility index (Phi) is 4.01. The van der Waals surface area contributed by atoms with Gasteiger partial charge in [-0.25, -0.2) is 13.4 Å². The summed E-state index contributed by atoms with van der Waals surface area (Å²) in [5.74, 6) is -0.317. The Labute approximate surface area is 137 Å². The lowest BCUT2D eigenvalue weighted by Crippen LogP contribution is -2.15. The topological polar surface area (TPSA) is 88.2 Å². The summed E-state index contributed by atoms with van der Waals surface area (Å²) in [4.78, 5) is 16.6. The van der Waals surface area contributed by atoms with Crippen LogP contribution in [0.25, 0.3) is 10.2 Å². The number of nitrogens with one attached hydrogen (secondary N) is 2. The third-order valence-electron chi connectivity index (χ3n) is 3.06. The molecule has 23 heavy (non-hydrogen) atoms. The van der Waals surface area contributed by atoms with Gasteiger partial charge in [0.05, 0.1) is 33.4 Å². The molecule has 2 N–H and O–H groups in total. The lowest BCUT2D eigenvalue weighted by molar-refractivity contribution is 0.102. The van der Waals surface area contributed by atoms with E-state index in [1.165, 1.54) is 11.3 Å². The summed E-state index contributed by atoms with van der Waals surface area (Å²) in [6.07, 6.45) is 1.06. The van der Waals surface area contributed by atoms with Crippen molar-refractivity contribution < 1.29 is 13.2 Å². The molecule has 0 aliphatic carbocycles. The van der Waals surface area contributed by atoms with Crippen molar-refractivity contribution in [1.29, 1.82) is 0 Å². The molecule has 3 aromatic rings. The van der Waals surface area contributed by atoms with Crippen molar-refractivity contribution in [3.05, 3.63) is 53.5 Å². The Morgan fingerprint density at radius 1 is 1.13 bits per heavy atom. The van der Waals surface area contributed by atoms with Crippen LogP contribution in [0.2, 0.25) is 0 Å². The van der Waals surface area contributed by atoms with E-state index < -0.39 is 10.0 Å². The summed E-state index contributed by atoms with van der Waals surface area (Å²) in [7, 11) is -3.43. The van der Waals surface area contributed by atoms with Crippen LogP contribution in [0.1, 0.15) is 10.4 Å². The second-order valence-corrected chi connectivity index (χ2v) is 7.54. The average Bonchev–Trinajstić information content (AvgIpc) is 2.95. The molecule has 1 aromatic heterocycles. The van der Waals surface area contributed by atoms with E-state index in [2.05, 4.69) is 15.0 Å². The van der Waals surface area contributed by atoms with Gasteiger partial charge in [-0.15, -0.1) is 11.3 Å². The Hall–Kier alpha value is -2.45. The second-order valence-electron chi connectivity index (χ2n) is 4.91. The molecule has 0 aliphatic rings. The standard InChI is InChI=1S/C15H13N3O3S2/c1-23(20,21)18-12-5-3-2-4-11(12)17-15(19)10-6-7-13-14(8-10)22-9-16-13/h2-9,18H,1H3,(H,17,19). The highest BCUT2D eigenvalue weighted by Gasteiger charge is 2.12. The molecule has 0 bridgehead atoms. The Morgan fingerprint density at radius 2 is 1.87 bits per heavy atom. The molecule has 3 rings (SSSR count). The highest BCUT2D eigenvalue weighted by molar-refractivity contribution is 7.92. The number of para-hydroxylation sites is 2. The molecule has 6 nitrogen and oxygen atoms in total. The number of hydrogen-bond donors (Lipinski definition) is 2. The number of nitrogens with zero attached hydrogens (tertiary/aromatic N) is 1. The van der Waals surface area contributed by atoms with Gasteiger partial charge in [-0.05, 0) is 30.3 Å². The van der Waals surface area contributed by atoms with E-state index in [-0.39, 0.29) is 5.91 Å². The van der Waals surface area contributed by atoms with E-state index in [0.29, 0.717) is 16.9 Å². The molecule has 0 aliphatic heterocycles. The zero-order valence-corrected chi connectivity index (χ0v) is 13.7. The Morgan fingerprint density at radius 3 is 2.61 bits per heavy atom. The SMILES string of the molecule is CS(=O)(=O)Nc1ccccc1NC(=O)c1ccc2ncsc2c1. The summed E-state index contributed by atoms with van der Waals surface area (Å²) in [5.41, 5.74) is 3.76. The van der Waals surface area contributed by atoms with E-state index in [0.717, 1.165) is 16.5 Å². The maximum absolute atomic E-state index is 12.4. The van der Waals surface area contributed by atoms with Gasteiger partial charge < -0.3 is 5.32 Å². The van der Waals surface area contributed by atoms with Crippen molar-refractivity contribution in [2.24, 2.45) is 0 Å². The summed E-state index contributed by atoms with van der Waals surface area (Å²) >= 11 is 1.45. The molecule has 1 amide bonds. The lowest BCUT2D eigenvalue weighted by Gasteiger charge is -2.11. The van der Waals surface area contributed by atoms with Gasteiger partial charge in [0, 0.05) is 5.56 Å². The number of sulfonamides is 1. The second kappa shape index (κ2) is 5.98. The predicted octanol–water partition coefficient (Wildman–Crippen LogP) is 2.92. The average molecular weight is 347 g/mol. The summed E-state index contributed by atoms with van der Waals surface area (Å²) in [5, 5.41) is 2.72. The molecule has 8 heteroatoms. The number of aromatic nitrogens is 1. The quantitative estimate of drug-likeness (QED) is 0.759. The van der Waals surface area contributed by atoms with Gasteiger partial charge in [0.1, 0.15) is 0 Å². The molecule has 0 saturated carbocycles. The van der Waals surface area contributed by atoms with Gasteiger partial charge in [0.25, 0.3) is 5.91 Å². The number of carbonyl (C=O) groups excluding carboxylic acids is 1. The normalized spacial score (nSPS) is 11.3. The Bertz CT molecular complexity index is 980. The maximum Gasteiger partial charge on any atom is 0.255 e. The number of anilines is 2. The fraction of sp³-hybridized carbons (Fsp3) is 0.0667. The fourth-order valence-corrected chi connectivity index (χ4v) is 3.37. The number of hydrogen-bond acceptors (Lipinski definition) is 5. The van der Waals surface area contributed by atoms with Crippen LogP contribution in [0.5, 0.6) is 0 Å². The zero-order valence-electron chi connectivity index (χ0n) is 12.1. The van der Waals surface area contributed by atoms with Crippen molar-refractivity contribution >= 4 is 48.9 Å². The molecular formula is C15H13N3O3S2. The van der Waals surface area contributed by atoms with Crippen molar-refractivity contribution in [2.75, 3.05) is 16.3 Å². The number of fused-ring (bicyclic) bond motifs is 1. The van der Waals surface area contributed by atoms with Gasteiger partial charge in [0.2, 0.25) is 10.0 Å². The predicted molar refractivity (Wildman–Crippen MR) is 92.5 cm³/mol. The van der Waals surface area contributed by atoms with Crippen LogP contribution in [-0.4, -0.2) is 25.6 Å². The minimum atomic E-state index is -3.43. The third kappa shape index (κ3) is 3.66. The van der Waals surface area contributed by atoms with Gasteiger partial charge in [0.15, 0.2) is 0 Å². The number of rotatable bonds is 4. The largest absolute Gasteiger partial charge is 0.320 e. The Balaban J connectivity index is 1.88. The molecule has 0 fully saturated rings. The van der Waals surface area contributed by atoms with E-state index in [1.54, 1.807) is 48.0 Å². The lowest BCUT2D eigenvalue weighted by atomic mass is 10.2. The molecule has 118 valence electrons. The van der Waals surface area contributed by atoms with Crippen LogP contribution in [0.4, 0.5) is 11.4 Å². The van der Waals surface area contributed by atoms with Crippen molar-refractivity contribution in [2.45, 2.75) is 0 Å².